The van der Waals surface area contributed by atoms with E-state index in [4.69, 9.17) is 14.2 Å². The average Bonchev–Trinajstić information content (AvgIpc) is 3.12. The van der Waals surface area contributed by atoms with Gasteiger partial charge in [-0.2, -0.15) is 0 Å². The maximum atomic E-state index is 12.8. The highest BCUT2D eigenvalue weighted by Gasteiger charge is 2.44. The predicted octanol–water partition coefficient (Wildman–Crippen LogP) is 3.16. The van der Waals surface area contributed by atoms with Crippen LogP contribution in [-0.2, 0) is 19.1 Å². The van der Waals surface area contributed by atoms with Crippen LogP contribution >= 0.6 is 0 Å². The van der Waals surface area contributed by atoms with Crippen LogP contribution in [0.5, 0.6) is 23.0 Å². The first kappa shape index (κ1) is 21.0. The molecule has 1 heterocycles. The van der Waals surface area contributed by atoms with Crippen LogP contribution in [0.1, 0.15) is 42.6 Å². The van der Waals surface area contributed by atoms with Crippen molar-refractivity contribution in [2.75, 3.05) is 13.2 Å². The third-order valence-corrected chi connectivity index (χ3v) is 4.62. The zero-order valence-corrected chi connectivity index (χ0v) is 16.5. The van der Waals surface area contributed by atoms with Gasteiger partial charge < -0.3 is 29.5 Å². The smallest absolute Gasteiger partial charge is 0.330 e. The normalized spacial score (nSPS) is 17.4. The van der Waals surface area contributed by atoms with Gasteiger partial charge in [-0.1, -0.05) is 12.1 Å². The number of hydrogen-bond donors (Lipinski definition) is 3. The first-order valence-electron chi connectivity index (χ1n) is 9.43. The van der Waals surface area contributed by atoms with Crippen LogP contribution in [0, 0.1) is 0 Å². The predicted molar refractivity (Wildman–Crippen MR) is 106 cm³/mol. The summed E-state index contributed by atoms with van der Waals surface area (Å²) in [6, 6.07) is 7.01. The molecule has 1 aliphatic heterocycles. The lowest BCUT2D eigenvalue weighted by Crippen LogP contribution is -2.21. The first-order valence-corrected chi connectivity index (χ1v) is 9.43. The molecule has 0 bridgehead atoms. The largest absolute Gasteiger partial charge is 0.504 e. The van der Waals surface area contributed by atoms with Crippen molar-refractivity contribution in [2.45, 2.75) is 25.9 Å². The molecule has 0 spiro atoms. The molecule has 0 aromatic heterocycles. The SMILES string of the molecule is CCOC(=O)/C=C/c1ccc(O)c2c1[C@@H](C(=O)OCC)[C@@H](c1ccc(O)c(O)c1)O2. The molecule has 0 unspecified atom stereocenters. The maximum absolute atomic E-state index is 12.8. The Morgan fingerprint density at radius 1 is 1.00 bits per heavy atom. The Balaban J connectivity index is 2.11. The monoisotopic (exact) mass is 414 g/mol. The zero-order valence-electron chi connectivity index (χ0n) is 16.5. The van der Waals surface area contributed by atoms with E-state index in [9.17, 15) is 24.9 Å². The Kier molecular flexibility index (Phi) is 6.15. The Bertz CT molecular complexity index is 995. The number of rotatable bonds is 6. The average molecular weight is 414 g/mol. The fourth-order valence-corrected chi connectivity index (χ4v) is 3.34. The van der Waals surface area contributed by atoms with Gasteiger partial charge in [0.15, 0.2) is 23.0 Å². The summed E-state index contributed by atoms with van der Waals surface area (Å²) in [6.45, 7) is 3.70. The van der Waals surface area contributed by atoms with Gasteiger partial charge in [0.25, 0.3) is 0 Å². The van der Waals surface area contributed by atoms with Gasteiger partial charge in [0.1, 0.15) is 12.0 Å². The van der Waals surface area contributed by atoms with E-state index < -0.39 is 24.0 Å². The molecule has 0 fully saturated rings. The second-order valence-electron chi connectivity index (χ2n) is 6.52. The van der Waals surface area contributed by atoms with Crippen LogP contribution in [-0.4, -0.2) is 40.5 Å². The Morgan fingerprint density at radius 3 is 2.37 bits per heavy atom. The van der Waals surface area contributed by atoms with Gasteiger partial charge in [-0.3, -0.25) is 4.79 Å². The summed E-state index contributed by atoms with van der Waals surface area (Å²) >= 11 is 0. The summed E-state index contributed by atoms with van der Waals surface area (Å²) in [5, 5.41) is 29.8. The minimum atomic E-state index is -0.974. The molecule has 8 nitrogen and oxygen atoms in total. The first-order chi connectivity index (χ1) is 14.4. The van der Waals surface area contributed by atoms with E-state index in [2.05, 4.69) is 0 Å². The molecule has 158 valence electrons. The van der Waals surface area contributed by atoms with E-state index >= 15 is 0 Å². The summed E-state index contributed by atoms with van der Waals surface area (Å²) in [5.41, 5.74) is 1.23. The minimum absolute atomic E-state index is 0.0802. The van der Waals surface area contributed by atoms with Crippen molar-refractivity contribution in [3.63, 3.8) is 0 Å². The van der Waals surface area contributed by atoms with Gasteiger partial charge in [0, 0.05) is 11.6 Å². The lowest BCUT2D eigenvalue weighted by molar-refractivity contribution is -0.146. The molecule has 0 saturated heterocycles. The molecule has 3 N–H and O–H groups in total. The van der Waals surface area contributed by atoms with Crippen molar-refractivity contribution in [2.24, 2.45) is 0 Å². The molecule has 2 atom stereocenters. The van der Waals surface area contributed by atoms with Crippen molar-refractivity contribution >= 4 is 18.0 Å². The third kappa shape index (κ3) is 4.03. The van der Waals surface area contributed by atoms with Crippen LogP contribution in [0.25, 0.3) is 6.08 Å². The fourth-order valence-electron chi connectivity index (χ4n) is 3.34. The molecule has 3 rings (SSSR count). The zero-order chi connectivity index (χ0) is 21.8. The number of ether oxygens (including phenoxy) is 3. The molecular formula is C22H22O8. The number of phenolic OH excluding ortho intramolecular Hbond substituents is 3. The van der Waals surface area contributed by atoms with Crippen LogP contribution in [0.4, 0.5) is 0 Å². The topological polar surface area (TPSA) is 123 Å². The third-order valence-electron chi connectivity index (χ3n) is 4.62. The van der Waals surface area contributed by atoms with Crippen molar-refractivity contribution in [3.8, 4) is 23.0 Å². The molecule has 0 radical (unpaired) electrons. The van der Waals surface area contributed by atoms with Crippen molar-refractivity contribution in [3.05, 3.63) is 53.1 Å². The summed E-state index contributed by atoms with van der Waals surface area (Å²) in [5.74, 6) is -2.91. The Hall–Kier alpha value is -3.68. The Labute approximate surface area is 172 Å². The van der Waals surface area contributed by atoms with Gasteiger partial charge >= 0.3 is 11.9 Å². The number of aromatic hydroxyl groups is 3. The van der Waals surface area contributed by atoms with Gasteiger partial charge in [0.2, 0.25) is 0 Å². The van der Waals surface area contributed by atoms with Crippen molar-refractivity contribution in [1.82, 2.24) is 0 Å². The molecule has 1 aliphatic rings. The highest BCUT2D eigenvalue weighted by Crippen LogP contribution is 2.52. The summed E-state index contributed by atoms with van der Waals surface area (Å²) in [4.78, 5) is 24.6. The molecule has 0 saturated carbocycles. The molecule has 8 heteroatoms. The van der Waals surface area contributed by atoms with E-state index in [1.54, 1.807) is 19.9 Å². The second kappa shape index (κ2) is 8.77. The number of fused-ring (bicyclic) bond motifs is 1. The summed E-state index contributed by atoms with van der Waals surface area (Å²) in [7, 11) is 0. The minimum Gasteiger partial charge on any atom is -0.504 e. The van der Waals surface area contributed by atoms with Crippen molar-refractivity contribution in [1.29, 1.82) is 0 Å². The van der Waals surface area contributed by atoms with Gasteiger partial charge in [-0.15, -0.1) is 0 Å². The summed E-state index contributed by atoms with van der Waals surface area (Å²) in [6.07, 6.45) is 1.77. The quantitative estimate of drug-likeness (QED) is 0.374. The number of carbonyl (C=O) groups excluding carboxylic acids is 2. The van der Waals surface area contributed by atoms with E-state index in [0.29, 0.717) is 16.7 Å². The van der Waals surface area contributed by atoms with Crippen LogP contribution in [0.15, 0.2) is 36.4 Å². The fraction of sp³-hybridized carbons (Fsp3) is 0.273. The summed E-state index contributed by atoms with van der Waals surface area (Å²) < 4.78 is 16.0. The number of esters is 2. The molecular weight excluding hydrogens is 392 g/mol. The lowest BCUT2D eigenvalue weighted by Gasteiger charge is -2.19. The van der Waals surface area contributed by atoms with E-state index in [-0.39, 0.29) is 36.2 Å². The second-order valence-corrected chi connectivity index (χ2v) is 6.52. The van der Waals surface area contributed by atoms with Crippen molar-refractivity contribution < 1.29 is 39.1 Å². The van der Waals surface area contributed by atoms with E-state index in [1.165, 1.54) is 36.4 Å². The number of phenols is 3. The molecule has 2 aromatic carbocycles. The highest BCUT2D eigenvalue weighted by atomic mass is 16.5. The molecule has 0 amide bonds. The van der Waals surface area contributed by atoms with Gasteiger partial charge in [0.05, 0.1) is 13.2 Å². The Morgan fingerprint density at radius 2 is 1.70 bits per heavy atom. The van der Waals surface area contributed by atoms with Gasteiger partial charge in [-0.25, -0.2) is 4.79 Å². The number of carbonyl (C=O) groups is 2. The molecule has 0 aliphatic carbocycles. The molecule has 2 aromatic rings. The number of hydrogen-bond acceptors (Lipinski definition) is 8. The molecule has 30 heavy (non-hydrogen) atoms. The standard InChI is InChI=1S/C22H22O8/c1-3-28-17(26)10-7-12-5-9-15(24)21-18(12)19(22(27)29-4-2)20(30-21)13-6-8-14(23)16(25)11-13/h5-11,19-20,23-25H,3-4H2,1-2H3/b10-7+/t19-,20-/m1/s1. The van der Waals surface area contributed by atoms with Crippen LogP contribution in [0.2, 0.25) is 0 Å². The number of benzene rings is 2. The van der Waals surface area contributed by atoms with Crippen LogP contribution < -0.4 is 4.74 Å². The van der Waals surface area contributed by atoms with E-state index in [1.807, 2.05) is 0 Å². The highest BCUT2D eigenvalue weighted by molar-refractivity contribution is 5.90. The maximum Gasteiger partial charge on any atom is 0.330 e. The lowest BCUT2D eigenvalue weighted by atomic mass is 9.87. The van der Waals surface area contributed by atoms with Crippen LogP contribution in [0.3, 0.4) is 0 Å². The van der Waals surface area contributed by atoms with E-state index in [0.717, 1.165) is 0 Å². The van der Waals surface area contributed by atoms with Gasteiger partial charge in [-0.05, 0) is 49.2 Å².